The van der Waals surface area contributed by atoms with E-state index in [1.54, 1.807) is 12.1 Å². The number of phenols is 1. The van der Waals surface area contributed by atoms with Crippen molar-refractivity contribution in [2.24, 2.45) is 0 Å². The van der Waals surface area contributed by atoms with Gasteiger partial charge in [-0.25, -0.2) is 4.68 Å². The van der Waals surface area contributed by atoms with Crippen molar-refractivity contribution in [1.82, 2.24) is 19.6 Å². The molecule has 0 bridgehead atoms. The first-order chi connectivity index (χ1) is 16.6. The minimum atomic E-state index is 0.316. The predicted octanol–water partition coefficient (Wildman–Crippen LogP) is 4.69. The summed E-state index contributed by atoms with van der Waals surface area (Å²) in [4.78, 5) is 7.59. The summed E-state index contributed by atoms with van der Waals surface area (Å²) in [6, 6.07) is 18.2. The number of piperazine rings is 1. The molecule has 1 fully saturated rings. The van der Waals surface area contributed by atoms with Crippen LogP contribution in [-0.2, 0) is 19.5 Å². The van der Waals surface area contributed by atoms with E-state index >= 15 is 0 Å². The first-order valence-corrected chi connectivity index (χ1v) is 12.8. The number of aryl methyl sites for hydroxylation is 1. The molecule has 3 aromatic rings. The Hall–Kier alpha value is -2.83. The van der Waals surface area contributed by atoms with Crippen LogP contribution in [0, 0.1) is 0 Å². The molecule has 1 aromatic heterocycles. The third-order valence-electron chi connectivity index (χ3n) is 6.76. The van der Waals surface area contributed by atoms with Gasteiger partial charge in [-0.2, -0.15) is 5.10 Å². The fraction of sp³-hybridized carbons (Fsp3) is 0.464. The lowest BCUT2D eigenvalue weighted by atomic mass is 10.1. The number of rotatable bonds is 10. The molecule has 6 nitrogen and oxygen atoms in total. The van der Waals surface area contributed by atoms with Gasteiger partial charge in [0, 0.05) is 44.8 Å². The van der Waals surface area contributed by atoms with Gasteiger partial charge in [0.1, 0.15) is 11.6 Å². The number of nitrogens with zero attached hydrogens (tertiary/aromatic N) is 5. The topological polar surface area (TPSA) is 47.8 Å². The van der Waals surface area contributed by atoms with Crippen LogP contribution in [0.5, 0.6) is 5.75 Å². The Morgan fingerprint density at radius 3 is 2.21 bits per heavy atom. The van der Waals surface area contributed by atoms with Gasteiger partial charge in [-0.1, -0.05) is 51.1 Å². The molecule has 2 aromatic carbocycles. The number of anilines is 1. The quantitative estimate of drug-likeness (QED) is 0.474. The van der Waals surface area contributed by atoms with Crippen LogP contribution in [-0.4, -0.2) is 64.0 Å². The standard InChI is InChI=1S/C28H39N5O/c1-4-16-31(21-23-12-14-25(34)15-13-23)22-26-27(5-2)29-33(24-10-8-7-9-11-24)28(26)32-19-17-30(6-3)18-20-32/h7-15,34H,4-6,16-22H2,1-3H3. The summed E-state index contributed by atoms with van der Waals surface area (Å²) in [5, 5.41) is 14.8. The van der Waals surface area contributed by atoms with Gasteiger partial charge in [-0.3, -0.25) is 4.90 Å². The largest absolute Gasteiger partial charge is 0.508 e. The summed E-state index contributed by atoms with van der Waals surface area (Å²) < 4.78 is 2.18. The van der Waals surface area contributed by atoms with E-state index in [0.717, 1.165) is 70.9 Å². The fourth-order valence-electron chi connectivity index (χ4n) is 4.89. The molecule has 6 heteroatoms. The highest BCUT2D eigenvalue weighted by Gasteiger charge is 2.27. The molecule has 182 valence electrons. The van der Waals surface area contributed by atoms with Crippen molar-refractivity contribution in [2.45, 2.75) is 46.7 Å². The van der Waals surface area contributed by atoms with E-state index in [-0.39, 0.29) is 0 Å². The summed E-state index contributed by atoms with van der Waals surface area (Å²) in [6.45, 7) is 14.8. The molecule has 1 N–H and O–H groups in total. The Balaban J connectivity index is 1.70. The molecule has 1 saturated heterocycles. The lowest BCUT2D eigenvalue weighted by molar-refractivity contribution is 0.254. The van der Waals surface area contributed by atoms with Crippen LogP contribution in [0.1, 0.15) is 44.0 Å². The van der Waals surface area contributed by atoms with Crippen LogP contribution in [0.2, 0.25) is 0 Å². The number of phenolic OH excluding ortho intramolecular Hbond substituents is 1. The van der Waals surface area contributed by atoms with Gasteiger partial charge in [0.15, 0.2) is 0 Å². The Morgan fingerprint density at radius 1 is 0.882 bits per heavy atom. The highest BCUT2D eigenvalue weighted by molar-refractivity contribution is 5.56. The van der Waals surface area contributed by atoms with Crippen molar-refractivity contribution >= 4 is 5.82 Å². The molecule has 4 rings (SSSR count). The molecule has 1 aliphatic heterocycles. The minimum Gasteiger partial charge on any atom is -0.508 e. The van der Waals surface area contributed by atoms with Crippen LogP contribution in [0.3, 0.4) is 0 Å². The molecule has 0 spiro atoms. The van der Waals surface area contributed by atoms with Crippen molar-refractivity contribution < 1.29 is 5.11 Å². The highest BCUT2D eigenvalue weighted by atomic mass is 16.3. The Bertz CT molecular complexity index is 1020. The van der Waals surface area contributed by atoms with Gasteiger partial charge < -0.3 is 14.9 Å². The first-order valence-electron chi connectivity index (χ1n) is 12.8. The Labute approximate surface area is 204 Å². The van der Waals surface area contributed by atoms with Gasteiger partial charge in [0.2, 0.25) is 0 Å². The number of para-hydroxylation sites is 1. The summed E-state index contributed by atoms with van der Waals surface area (Å²) in [6.07, 6.45) is 2.01. The van der Waals surface area contributed by atoms with E-state index in [4.69, 9.17) is 5.10 Å². The van der Waals surface area contributed by atoms with E-state index in [0.29, 0.717) is 5.75 Å². The molecule has 0 atom stereocenters. The predicted molar refractivity (Wildman–Crippen MR) is 140 cm³/mol. The van der Waals surface area contributed by atoms with E-state index < -0.39 is 0 Å². The van der Waals surface area contributed by atoms with Crippen LogP contribution < -0.4 is 4.90 Å². The van der Waals surface area contributed by atoms with Crippen molar-refractivity contribution in [3.8, 4) is 11.4 Å². The Kier molecular flexibility index (Phi) is 8.25. The number of hydrogen-bond acceptors (Lipinski definition) is 5. The summed E-state index contributed by atoms with van der Waals surface area (Å²) >= 11 is 0. The smallest absolute Gasteiger partial charge is 0.137 e. The molecule has 0 radical (unpaired) electrons. The average Bonchev–Trinajstić information content (AvgIpc) is 3.24. The Morgan fingerprint density at radius 2 is 1.59 bits per heavy atom. The van der Waals surface area contributed by atoms with Gasteiger partial charge in [-0.15, -0.1) is 0 Å². The lowest BCUT2D eigenvalue weighted by Crippen LogP contribution is -2.47. The second kappa shape index (κ2) is 11.5. The monoisotopic (exact) mass is 461 g/mol. The zero-order valence-electron chi connectivity index (χ0n) is 21.0. The molecule has 0 amide bonds. The van der Waals surface area contributed by atoms with Crippen molar-refractivity contribution in [3.05, 3.63) is 71.4 Å². The van der Waals surface area contributed by atoms with Gasteiger partial charge >= 0.3 is 0 Å². The zero-order chi connectivity index (χ0) is 23.9. The molecular formula is C28H39N5O. The van der Waals surface area contributed by atoms with Gasteiger partial charge in [0.05, 0.1) is 11.4 Å². The van der Waals surface area contributed by atoms with E-state index in [1.807, 2.05) is 12.1 Å². The maximum Gasteiger partial charge on any atom is 0.137 e. The zero-order valence-corrected chi connectivity index (χ0v) is 21.0. The molecule has 34 heavy (non-hydrogen) atoms. The molecule has 0 aliphatic carbocycles. The SMILES string of the molecule is CCCN(Cc1ccc(O)cc1)Cc1c(CC)nn(-c2ccccc2)c1N1CCN(CC)CC1. The van der Waals surface area contributed by atoms with E-state index in [2.05, 4.69) is 70.5 Å². The van der Waals surface area contributed by atoms with Crippen molar-refractivity contribution in [1.29, 1.82) is 0 Å². The molecule has 0 unspecified atom stereocenters. The number of hydrogen-bond donors (Lipinski definition) is 1. The van der Waals surface area contributed by atoms with Crippen LogP contribution >= 0.6 is 0 Å². The number of likely N-dealkylation sites (N-methyl/N-ethyl adjacent to an activating group) is 1. The first kappa shape index (κ1) is 24.3. The van der Waals surface area contributed by atoms with Gasteiger partial charge in [0.25, 0.3) is 0 Å². The molecular weight excluding hydrogens is 422 g/mol. The second-order valence-corrected chi connectivity index (χ2v) is 9.15. The van der Waals surface area contributed by atoms with Crippen molar-refractivity contribution in [2.75, 3.05) is 44.2 Å². The normalized spacial score (nSPS) is 14.8. The summed E-state index contributed by atoms with van der Waals surface area (Å²) in [5.74, 6) is 1.57. The lowest BCUT2D eigenvalue weighted by Gasteiger charge is -2.36. The van der Waals surface area contributed by atoms with E-state index in [9.17, 15) is 5.11 Å². The van der Waals surface area contributed by atoms with Crippen LogP contribution in [0.15, 0.2) is 54.6 Å². The third-order valence-corrected chi connectivity index (χ3v) is 6.76. The minimum absolute atomic E-state index is 0.316. The maximum absolute atomic E-state index is 9.69. The summed E-state index contributed by atoms with van der Waals surface area (Å²) in [7, 11) is 0. The average molecular weight is 462 g/mol. The number of aromatic nitrogens is 2. The number of benzene rings is 2. The van der Waals surface area contributed by atoms with Gasteiger partial charge in [-0.05, 0) is 55.8 Å². The number of aromatic hydroxyl groups is 1. The van der Waals surface area contributed by atoms with Crippen LogP contribution in [0.4, 0.5) is 5.82 Å². The van der Waals surface area contributed by atoms with Crippen molar-refractivity contribution in [3.63, 3.8) is 0 Å². The summed E-state index contributed by atoms with van der Waals surface area (Å²) in [5.41, 5.74) is 4.88. The maximum atomic E-state index is 9.69. The second-order valence-electron chi connectivity index (χ2n) is 9.15. The molecule has 0 saturated carbocycles. The molecule has 1 aliphatic rings. The highest BCUT2D eigenvalue weighted by Crippen LogP contribution is 2.31. The third kappa shape index (κ3) is 5.62. The van der Waals surface area contributed by atoms with Crippen LogP contribution in [0.25, 0.3) is 5.69 Å². The molecule has 2 heterocycles. The van der Waals surface area contributed by atoms with E-state index in [1.165, 1.54) is 22.6 Å². The fourth-order valence-corrected chi connectivity index (χ4v) is 4.89.